The largest absolute Gasteiger partial charge is 0.456 e. The van der Waals surface area contributed by atoms with Gasteiger partial charge in [0.05, 0.1) is 11.1 Å². The van der Waals surface area contributed by atoms with Crippen LogP contribution in [0.4, 0.5) is 0 Å². The summed E-state index contributed by atoms with van der Waals surface area (Å²) in [6.07, 6.45) is 7.43. The van der Waals surface area contributed by atoms with Crippen molar-refractivity contribution in [1.82, 2.24) is 5.32 Å². The zero-order valence-corrected chi connectivity index (χ0v) is 31.1. The molecule has 1 spiro atoms. The molecular weight excluding hydrogens is 693 g/mol. The number of fused-ring (bicyclic) bond motifs is 9. The van der Waals surface area contributed by atoms with Crippen LogP contribution in [0.2, 0.25) is 0 Å². The fourth-order valence-corrected chi connectivity index (χ4v) is 9.89. The number of allylic oxidation sites excluding steroid dienone is 2. The Kier molecular flexibility index (Phi) is 6.97. The van der Waals surface area contributed by atoms with Crippen molar-refractivity contribution in [3.05, 3.63) is 238 Å². The molecule has 0 aromatic heterocycles. The standard InChI is InChI=1S/C54H36N2O/c1-2-13-35(14-3-1)48-33-49(40-31-38-17-10-15-36-16-11-18-39(32-40)51(36)38)56-53(55-48)37-29-27-34(28-30-37)41-21-12-25-47-52(41)57-50-26-9-8-24-46(50)54(47)44-22-6-4-19-42(44)43-20-5-7-23-45(43)54/h1-15,17-33,53,56H,16H2. The number of nitrogens with one attached hydrogen (secondary N) is 1. The molecule has 0 bridgehead atoms. The minimum absolute atomic E-state index is 0.272. The van der Waals surface area contributed by atoms with E-state index in [1.165, 1.54) is 49.7 Å². The lowest BCUT2D eigenvalue weighted by Gasteiger charge is -2.40. The van der Waals surface area contributed by atoms with E-state index in [9.17, 15) is 0 Å². The molecule has 268 valence electrons. The van der Waals surface area contributed by atoms with Gasteiger partial charge in [-0.2, -0.15) is 0 Å². The molecule has 8 aromatic rings. The van der Waals surface area contributed by atoms with Gasteiger partial charge < -0.3 is 10.1 Å². The van der Waals surface area contributed by atoms with Crippen LogP contribution in [0.5, 0.6) is 11.5 Å². The zero-order chi connectivity index (χ0) is 37.5. The Morgan fingerprint density at radius 3 is 2.05 bits per heavy atom. The molecule has 57 heavy (non-hydrogen) atoms. The average Bonchev–Trinajstić information content (AvgIpc) is 3.57. The highest BCUT2D eigenvalue weighted by Crippen LogP contribution is 2.63. The molecule has 0 saturated heterocycles. The van der Waals surface area contributed by atoms with Crippen LogP contribution in [-0.2, 0) is 11.8 Å². The normalized spacial score (nSPS) is 16.4. The first-order valence-electron chi connectivity index (χ1n) is 19.8. The highest BCUT2D eigenvalue weighted by molar-refractivity contribution is 6.13. The molecule has 1 unspecified atom stereocenters. The van der Waals surface area contributed by atoms with E-state index in [1.807, 2.05) is 0 Å². The Morgan fingerprint density at radius 2 is 1.25 bits per heavy atom. The van der Waals surface area contributed by atoms with Crippen LogP contribution in [0.3, 0.4) is 0 Å². The van der Waals surface area contributed by atoms with Crippen LogP contribution in [0.1, 0.15) is 56.2 Å². The maximum Gasteiger partial charge on any atom is 0.145 e. The van der Waals surface area contributed by atoms with Gasteiger partial charge in [-0.15, -0.1) is 0 Å². The van der Waals surface area contributed by atoms with Gasteiger partial charge in [-0.3, -0.25) is 4.99 Å². The third-order valence-corrected chi connectivity index (χ3v) is 12.4. The first-order valence-corrected chi connectivity index (χ1v) is 19.8. The Morgan fingerprint density at radius 1 is 0.561 bits per heavy atom. The van der Waals surface area contributed by atoms with Gasteiger partial charge in [0.25, 0.3) is 0 Å². The van der Waals surface area contributed by atoms with Crippen LogP contribution >= 0.6 is 0 Å². The second-order valence-electron chi connectivity index (χ2n) is 15.4. The number of para-hydroxylation sites is 2. The maximum absolute atomic E-state index is 6.97. The number of ether oxygens (including phenoxy) is 1. The van der Waals surface area contributed by atoms with Crippen molar-refractivity contribution in [2.75, 3.05) is 0 Å². The van der Waals surface area contributed by atoms with Crippen molar-refractivity contribution >= 4 is 28.3 Å². The minimum Gasteiger partial charge on any atom is -0.456 e. The first-order chi connectivity index (χ1) is 28.2. The molecular formula is C54H36N2O. The third kappa shape index (κ3) is 4.76. The monoisotopic (exact) mass is 728 g/mol. The predicted molar refractivity (Wildman–Crippen MR) is 233 cm³/mol. The lowest BCUT2D eigenvalue weighted by molar-refractivity contribution is 0.438. The van der Waals surface area contributed by atoms with E-state index >= 15 is 0 Å². The second kappa shape index (κ2) is 12.4. The van der Waals surface area contributed by atoms with Gasteiger partial charge in [-0.1, -0.05) is 170 Å². The summed E-state index contributed by atoms with van der Waals surface area (Å²) in [5, 5.41) is 6.45. The SMILES string of the molecule is C1=Cc2cc(C3=CC(c4ccccc4)=NC(c4ccc(-c5cccc6c5Oc5ccccc5C65c6ccccc6-c6ccccc65)cc4)N3)cc3cccc(c23)C1. The molecule has 0 radical (unpaired) electrons. The Balaban J connectivity index is 0.963. The Hall–Kier alpha value is -7.23. The summed E-state index contributed by atoms with van der Waals surface area (Å²) in [5.74, 6) is 1.79. The fraction of sp³-hybridized carbons (Fsp3) is 0.0556. The van der Waals surface area contributed by atoms with Crippen LogP contribution in [0.15, 0.2) is 193 Å². The van der Waals surface area contributed by atoms with Crippen molar-refractivity contribution in [3.63, 3.8) is 0 Å². The van der Waals surface area contributed by atoms with Crippen molar-refractivity contribution in [1.29, 1.82) is 0 Å². The number of hydrogen-bond acceptors (Lipinski definition) is 3. The van der Waals surface area contributed by atoms with E-state index in [4.69, 9.17) is 9.73 Å². The number of nitrogens with zero attached hydrogens (tertiary/aromatic N) is 1. The number of aliphatic imine (C=N–C) groups is 1. The minimum atomic E-state index is -0.497. The fourth-order valence-electron chi connectivity index (χ4n) is 9.89. The molecule has 0 fully saturated rings. The summed E-state index contributed by atoms with van der Waals surface area (Å²) in [4.78, 5) is 5.31. The molecule has 4 aliphatic rings. The van der Waals surface area contributed by atoms with Crippen molar-refractivity contribution in [2.24, 2.45) is 4.99 Å². The van der Waals surface area contributed by atoms with Crippen LogP contribution in [-0.4, -0.2) is 5.71 Å². The lowest BCUT2D eigenvalue weighted by Crippen LogP contribution is -2.32. The molecule has 2 aliphatic heterocycles. The predicted octanol–water partition coefficient (Wildman–Crippen LogP) is 12.7. The molecule has 1 atom stereocenters. The smallest absolute Gasteiger partial charge is 0.145 e. The van der Waals surface area contributed by atoms with Gasteiger partial charge in [0.1, 0.15) is 17.7 Å². The Bertz CT molecular complexity index is 3000. The van der Waals surface area contributed by atoms with Gasteiger partial charge in [0.2, 0.25) is 0 Å². The van der Waals surface area contributed by atoms with Crippen molar-refractivity contribution in [2.45, 2.75) is 18.0 Å². The molecule has 8 aromatic carbocycles. The molecule has 1 N–H and O–H groups in total. The second-order valence-corrected chi connectivity index (χ2v) is 15.4. The van der Waals surface area contributed by atoms with E-state index in [1.54, 1.807) is 0 Å². The number of benzene rings is 8. The summed E-state index contributed by atoms with van der Waals surface area (Å²) in [6.45, 7) is 0. The van der Waals surface area contributed by atoms with Crippen molar-refractivity contribution < 1.29 is 4.74 Å². The third-order valence-electron chi connectivity index (χ3n) is 12.4. The molecule has 3 heteroatoms. The summed E-state index contributed by atoms with van der Waals surface area (Å²) < 4.78 is 6.97. The van der Waals surface area contributed by atoms with E-state index in [0.717, 1.165) is 62.7 Å². The quantitative estimate of drug-likeness (QED) is 0.196. The van der Waals surface area contributed by atoms with E-state index < -0.39 is 5.41 Å². The highest BCUT2D eigenvalue weighted by atomic mass is 16.5. The van der Waals surface area contributed by atoms with E-state index in [-0.39, 0.29) is 6.17 Å². The summed E-state index contributed by atoms with van der Waals surface area (Å²) in [7, 11) is 0. The molecule has 2 aliphatic carbocycles. The van der Waals surface area contributed by atoms with E-state index in [0.29, 0.717) is 0 Å². The molecule has 2 heterocycles. The van der Waals surface area contributed by atoms with Gasteiger partial charge in [-0.25, -0.2) is 0 Å². The maximum atomic E-state index is 6.97. The van der Waals surface area contributed by atoms with Crippen molar-refractivity contribution in [3.8, 4) is 33.8 Å². The molecule has 0 amide bonds. The lowest BCUT2D eigenvalue weighted by atomic mass is 9.65. The highest BCUT2D eigenvalue weighted by Gasteiger charge is 2.51. The van der Waals surface area contributed by atoms with E-state index in [2.05, 4.69) is 199 Å². The molecule has 0 saturated carbocycles. The average molecular weight is 729 g/mol. The number of hydrogen-bond donors (Lipinski definition) is 1. The molecule has 3 nitrogen and oxygen atoms in total. The molecule has 12 rings (SSSR count). The van der Waals surface area contributed by atoms with Crippen LogP contribution in [0, 0.1) is 0 Å². The van der Waals surface area contributed by atoms with Gasteiger partial charge >= 0.3 is 0 Å². The Labute approximate surface area is 332 Å². The topological polar surface area (TPSA) is 33.6 Å². The van der Waals surface area contributed by atoms with Crippen LogP contribution < -0.4 is 10.1 Å². The number of rotatable bonds is 4. The van der Waals surface area contributed by atoms with Gasteiger partial charge in [0, 0.05) is 22.4 Å². The van der Waals surface area contributed by atoms with Gasteiger partial charge in [-0.05, 0) is 97.1 Å². The zero-order valence-electron chi connectivity index (χ0n) is 31.1. The summed E-state index contributed by atoms with van der Waals surface area (Å²) in [6, 6.07) is 63.6. The van der Waals surface area contributed by atoms with Gasteiger partial charge in [0.15, 0.2) is 0 Å². The first kappa shape index (κ1) is 32.1. The summed E-state index contributed by atoms with van der Waals surface area (Å²) in [5.41, 5.74) is 17.2. The summed E-state index contributed by atoms with van der Waals surface area (Å²) >= 11 is 0. The van der Waals surface area contributed by atoms with Crippen LogP contribution in [0.25, 0.3) is 44.8 Å².